The fraction of sp³-hybridized carbons (Fsp3) is 0.600. The van der Waals surface area contributed by atoms with Crippen LogP contribution in [0, 0.1) is 5.92 Å². The summed E-state index contributed by atoms with van der Waals surface area (Å²) in [7, 11) is 1.69. The van der Waals surface area contributed by atoms with Crippen molar-refractivity contribution in [2.75, 3.05) is 20.3 Å². The Labute approximate surface area is 154 Å². The minimum absolute atomic E-state index is 0.0160. The second-order valence-corrected chi connectivity index (χ2v) is 6.79. The molecule has 1 amide bonds. The summed E-state index contributed by atoms with van der Waals surface area (Å²) in [4.78, 5) is 22.9. The van der Waals surface area contributed by atoms with Gasteiger partial charge in [0.1, 0.15) is 5.75 Å². The fourth-order valence-electron chi connectivity index (χ4n) is 3.18. The zero-order valence-electron chi connectivity index (χ0n) is 15.4. The molecule has 1 fully saturated rings. The molecule has 0 atom stereocenters. The lowest BCUT2D eigenvalue weighted by atomic mass is 9.86. The van der Waals surface area contributed by atoms with Gasteiger partial charge >= 0.3 is 5.97 Å². The van der Waals surface area contributed by atoms with Gasteiger partial charge in [0.2, 0.25) is 5.91 Å². The molecule has 1 aliphatic rings. The van der Waals surface area contributed by atoms with Crippen LogP contribution in [0.2, 0.25) is 0 Å². The van der Waals surface area contributed by atoms with E-state index in [1.165, 1.54) is 5.56 Å². The Balaban J connectivity index is 1.58. The van der Waals surface area contributed by atoms with Crippen LogP contribution in [0.4, 0.5) is 0 Å². The van der Waals surface area contributed by atoms with Crippen LogP contribution in [0.5, 0.6) is 5.75 Å². The predicted octanol–water partition coefficient (Wildman–Crippen LogP) is 2.79. The van der Waals surface area contributed by atoms with Gasteiger partial charge in [-0.25, -0.2) is 0 Å². The third kappa shape index (κ3) is 7.04. The molecule has 1 aromatic carbocycles. The molecular weight excluding hydrogens is 334 g/mol. The van der Waals surface area contributed by atoms with Gasteiger partial charge in [0, 0.05) is 19.6 Å². The van der Waals surface area contributed by atoms with Crippen molar-refractivity contribution in [1.29, 1.82) is 0 Å². The first-order chi connectivity index (χ1) is 12.6. The Morgan fingerprint density at radius 3 is 2.42 bits per heavy atom. The van der Waals surface area contributed by atoms with Crippen LogP contribution in [0.3, 0.4) is 0 Å². The molecule has 0 aromatic heterocycles. The molecule has 1 aromatic rings. The zero-order valence-corrected chi connectivity index (χ0v) is 15.4. The van der Waals surface area contributed by atoms with Gasteiger partial charge < -0.3 is 19.9 Å². The van der Waals surface area contributed by atoms with E-state index in [1.807, 2.05) is 24.3 Å². The number of amides is 1. The average molecular weight is 363 g/mol. The van der Waals surface area contributed by atoms with Crippen molar-refractivity contribution < 1.29 is 24.2 Å². The van der Waals surface area contributed by atoms with Crippen LogP contribution < -0.4 is 10.1 Å². The molecule has 1 aliphatic carbocycles. The number of rotatable bonds is 10. The van der Waals surface area contributed by atoms with E-state index >= 15 is 0 Å². The number of carboxylic acid groups (broad SMARTS) is 1. The van der Waals surface area contributed by atoms with Gasteiger partial charge in [-0.3, -0.25) is 9.59 Å². The van der Waals surface area contributed by atoms with Crippen molar-refractivity contribution in [2.45, 2.75) is 51.0 Å². The number of carbonyl (C=O) groups is 2. The van der Waals surface area contributed by atoms with Crippen LogP contribution in [-0.2, 0) is 20.7 Å². The molecule has 0 aliphatic heterocycles. The number of methoxy groups -OCH3 is 1. The smallest absolute Gasteiger partial charge is 0.306 e. The van der Waals surface area contributed by atoms with E-state index in [1.54, 1.807) is 7.11 Å². The number of hydrogen-bond donors (Lipinski definition) is 2. The number of nitrogens with one attached hydrogen (secondary N) is 1. The van der Waals surface area contributed by atoms with E-state index in [0.29, 0.717) is 38.9 Å². The minimum atomic E-state index is -0.723. The second kappa shape index (κ2) is 10.8. The molecule has 0 heterocycles. The molecule has 6 nitrogen and oxygen atoms in total. The topological polar surface area (TPSA) is 84.9 Å². The summed E-state index contributed by atoms with van der Waals surface area (Å²) in [6, 6.07) is 8.03. The molecule has 0 radical (unpaired) electrons. The zero-order chi connectivity index (χ0) is 18.8. The summed E-state index contributed by atoms with van der Waals surface area (Å²) in [5, 5.41) is 12.0. The number of ether oxygens (including phenoxy) is 2. The maximum absolute atomic E-state index is 12.0. The first-order valence-electron chi connectivity index (χ1n) is 9.31. The third-order valence-corrected chi connectivity index (χ3v) is 4.78. The quantitative estimate of drug-likeness (QED) is 0.625. The maximum atomic E-state index is 12.0. The van der Waals surface area contributed by atoms with Crippen LogP contribution in [0.1, 0.15) is 44.1 Å². The first-order valence-corrected chi connectivity index (χ1v) is 9.31. The van der Waals surface area contributed by atoms with Crippen molar-refractivity contribution in [1.82, 2.24) is 5.32 Å². The highest BCUT2D eigenvalue weighted by Gasteiger charge is 2.26. The number of carbonyl (C=O) groups excluding carboxylic acids is 1. The standard InChI is InChI=1S/C20H29NO5/c1-25-14-12-15-4-10-18(11-5-15)26-13-2-3-19(22)21-17-8-6-16(7-9-17)20(23)24/h4-5,10-11,16-17H,2-3,6-9,12-14H2,1H3,(H,21,22)(H,23,24). The van der Waals surface area contributed by atoms with E-state index in [2.05, 4.69) is 5.32 Å². The van der Waals surface area contributed by atoms with Crippen molar-refractivity contribution in [3.05, 3.63) is 29.8 Å². The van der Waals surface area contributed by atoms with Crippen molar-refractivity contribution in [2.24, 2.45) is 5.92 Å². The summed E-state index contributed by atoms with van der Waals surface area (Å²) in [5.74, 6) is -0.156. The van der Waals surface area contributed by atoms with E-state index in [-0.39, 0.29) is 17.9 Å². The molecule has 144 valence electrons. The van der Waals surface area contributed by atoms with Crippen molar-refractivity contribution >= 4 is 11.9 Å². The van der Waals surface area contributed by atoms with Gasteiger partial charge in [0.15, 0.2) is 0 Å². The summed E-state index contributed by atoms with van der Waals surface area (Å²) in [5.41, 5.74) is 1.20. The maximum Gasteiger partial charge on any atom is 0.306 e. The van der Waals surface area contributed by atoms with E-state index < -0.39 is 5.97 Å². The number of benzene rings is 1. The molecule has 26 heavy (non-hydrogen) atoms. The third-order valence-electron chi connectivity index (χ3n) is 4.78. The molecular formula is C20H29NO5. The van der Waals surface area contributed by atoms with E-state index in [0.717, 1.165) is 25.0 Å². The number of hydrogen-bond acceptors (Lipinski definition) is 4. The molecule has 0 saturated heterocycles. The highest BCUT2D eigenvalue weighted by molar-refractivity contribution is 5.76. The molecule has 1 saturated carbocycles. The number of carboxylic acids is 1. The predicted molar refractivity (Wildman–Crippen MR) is 98.3 cm³/mol. The first kappa shape index (κ1) is 20.2. The van der Waals surface area contributed by atoms with E-state index in [4.69, 9.17) is 14.6 Å². The summed E-state index contributed by atoms with van der Waals surface area (Å²) >= 11 is 0. The highest BCUT2D eigenvalue weighted by Crippen LogP contribution is 2.24. The molecule has 0 bridgehead atoms. The van der Waals surface area contributed by atoms with Gasteiger partial charge in [-0.05, 0) is 56.2 Å². The van der Waals surface area contributed by atoms with Gasteiger partial charge in [-0.1, -0.05) is 12.1 Å². The SMILES string of the molecule is COCCc1ccc(OCCCC(=O)NC2CCC(C(=O)O)CC2)cc1. The largest absolute Gasteiger partial charge is 0.494 e. The Bertz CT molecular complexity index is 564. The summed E-state index contributed by atoms with van der Waals surface area (Å²) < 4.78 is 10.7. The van der Waals surface area contributed by atoms with E-state index in [9.17, 15) is 9.59 Å². The normalized spacial score (nSPS) is 19.7. The lowest BCUT2D eigenvalue weighted by Crippen LogP contribution is -2.38. The Morgan fingerprint density at radius 1 is 1.12 bits per heavy atom. The Hall–Kier alpha value is -2.08. The Kier molecular flexibility index (Phi) is 8.41. The lowest BCUT2D eigenvalue weighted by Gasteiger charge is -2.26. The number of aliphatic carboxylic acids is 1. The van der Waals surface area contributed by atoms with Crippen LogP contribution in [0.25, 0.3) is 0 Å². The van der Waals surface area contributed by atoms with Crippen LogP contribution in [-0.4, -0.2) is 43.3 Å². The molecule has 6 heteroatoms. The Morgan fingerprint density at radius 2 is 1.81 bits per heavy atom. The van der Waals surface area contributed by atoms with Crippen molar-refractivity contribution in [3.63, 3.8) is 0 Å². The molecule has 2 rings (SSSR count). The summed E-state index contributed by atoms with van der Waals surface area (Å²) in [6.45, 7) is 1.20. The van der Waals surface area contributed by atoms with Gasteiger partial charge in [0.05, 0.1) is 19.1 Å². The van der Waals surface area contributed by atoms with Crippen LogP contribution >= 0.6 is 0 Å². The molecule has 2 N–H and O–H groups in total. The average Bonchev–Trinajstić information content (AvgIpc) is 2.65. The lowest BCUT2D eigenvalue weighted by molar-refractivity contribution is -0.142. The van der Waals surface area contributed by atoms with Gasteiger partial charge in [0.25, 0.3) is 0 Å². The molecule has 0 spiro atoms. The van der Waals surface area contributed by atoms with Gasteiger partial charge in [-0.15, -0.1) is 0 Å². The fourth-order valence-corrected chi connectivity index (χ4v) is 3.18. The van der Waals surface area contributed by atoms with Crippen LogP contribution in [0.15, 0.2) is 24.3 Å². The van der Waals surface area contributed by atoms with Crippen molar-refractivity contribution in [3.8, 4) is 5.75 Å². The second-order valence-electron chi connectivity index (χ2n) is 6.79. The highest BCUT2D eigenvalue weighted by atomic mass is 16.5. The summed E-state index contributed by atoms with van der Waals surface area (Å²) in [6.07, 6.45) is 4.73. The molecule has 0 unspecified atom stereocenters. The minimum Gasteiger partial charge on any atom is -0.494 e. The monoisotopic (exact) mass is 363 g/mol. The van der Waals surface area contributed by atoms with Gasteiger partial charge in [-0.2, -0.15) is 0 Å².